The van der Waals surface area contributed by atoms with Crippen molar-refractivity contribution in [1.29, 1.82) is 0 Å². The average Bonchev–Trinajstić information content (AvgIpc) is 3.35. The molecule has 3 aromatic carbocycles. The number of hydrogen-bond donors (Lipinski definition) is 0. The molecule has 0 unspecified atom stereocenters. The monoisotopic (exact) mass is 580 g/mol. The van der Waals surface area contributed by atoms with Gasteiger partial charge in [-0.25, -0.2) is 17.9 Å². The summed E-state index contributed by atoms with van der Waals surface area (Å²) in [5.41, 5.74) is 1.64. The summed E-state index contributed by atoms with van der Waals surface area (Å²) in [7, 11) is 0. The van der Waals surface area contributed by atoms with Crippen molar-refractivity contribution >= 4 is 38.5 Å². The number of aryl methyl sites for hydroxylation is 1. The summed E-state index contributed by atoms with van der Waals surface area (Å²) in [5.74, 6) is -1.52. The van der Waals surface area contributed by atoms with Gasteiger partial charge >= 0.3 is 0 Å². The molecule has 4 aromatic rings. The highest BCUT2D eigenvalue weighted by molar-refractivity contribution is 9.10. The number of amides is 2. The molecule has 0 bridgehead atoms. The van der Waals surface area contributed by atoms with E-state index in [-0.39, 0.29) is 11.8 Å². The van der Waals surface area contributed by atoms with Crippen LogP contribution in [0.1, 0.15) is 64.8 Å². The molecule has 1 aliphatic heterocycles. The summed E-state index contributed by atoms with van der Waals surface area (Å²) < 4.78 is 31.8. The van der Waals surface area contributed by atoms with E-state index in [0.29, 0.717) is 29.8 Å². The van der Waals surface area contributed by atoms with Crippen LogP contribution in [0, 0.1) is 11.6 Å². The van der Waals surface area contributed by atoms with Crippen LogP contribution in [0.5, 0.6) is 0 Å². The first-order valence-electron chi connectivity index (χ1n) is 13.0. The van der Waals surface area contributed by atoms with Crippen LogP contribution in [0.15, 0.2) is 71.7 Å². The van der Waals surface area contributed by atoms with Crippen molar-refractivity contribution in [3.63, 3.8) is 0 Å². The van der Waals surface area contributed by atoms with E-state index < -0.39 is 11.6 Å². The van der Waals surface area contributed by atoms with Gasteiger partial charge in [0.2, 0.25) is 6.33 Å². The van der Waals surface area contributed by atoms with Crippen LogP contribution in [-0.2, 0) is 13.1 Å². The van der Waals surface area contributed by atoms with Crippen molar-refractivity contribution in [3.05, 3.63) is 100 Å². The normalized spacial score (nSPS) is 13.1. The lowest BCUT2D eigenvalue weighted by Crippen LogP contribution is -2.40. The second-order valence-electron chi connectivity index (χ2n) is 9.77. The van der Waals surface area contributed by atoms with Crippen LogP contribution >= 0.6 is 15.9 Å². The Balaban J connectivity index is 1.02. The summed E-state index contributed by atoms with van der Waals surface area (Å²) in [6, 6.07) is 12.9. The molecule has 2 heterocycles. The van der Waals surface area contributed by atoms with Crippen LogP contribution < -0.4 is 4.57 Å². The first kappa shape index (κ1) is 26.2. The molecule has 38 heavy (non-hydrogen) atoms. The van der Waals surface area contributed by atoms with Gasteiger partial charge in [-0.3, -0.25) is 14.5 Å². The lowest BCUT2D eigenvalue weighted by Gasteiger charge is -2.27. The Morgan fingerprint density at radius 1 is 0.816 bits per heavy atom. The fourth-order valence-corrected chi connectivity index (χ4v) is 5.56. The zero-order chi connectivity index (χ0) is 26.6. The van der Waals surface area contributed by atoms with Crippen molar-refractivity contribution in [1.82, 2.24) is 9.47 Å². The van der Waals surface area contributed by atoms with Crippen LogP contribution in [-0.4, -0.2) is 27.8 Å². The molecular weight excluding hydrogens is 552 g/mol. The number of imidazole rings is 1. The molecule has 0 atom stereocenters. The summed E-state index contributed by atoms with van der Waals surface area (Å²) in [4.78, 5) is 27.5. The van der Waals surface area contributed by atoms with Crippen molar-refractivity contribution in [2.45, 2.75) is 51.6 Å². The predicted octanol–water partition coefficient (Wildman–Crippen LogP) is 6.65. The van der Waals surface area contributed by atoms with Crippen molar-refractivity contribution in [3.8, 4) is 0 Å². The van der Waals surface area contributed by atoms with Gasteiger partial charge in [0.25, 0.3) is 11.8 Å². The predicted molar refractivity (Wildman–Crippen MR) is 145 cm³/mol. The minimum Gasteiger partial charge on any atom is -0.274 e. The van der Waals surface area contributed by atoms with Crippen LogP contribution in [0.4, 0.5) is 8.78 Å². The quantitative estimate of drug-likeness (QED) is 0.113. The molecule has 0 saturated carbocycles. The minimum atomic E-state index is -0.570. The molecule has 5 nitrogen and oxygen atoms in total. The molecule has 8 heteroatoms. The highest BCUT2D eigenvalue weighted by Gasteiger charge is 2.32. The van der Waals surface area contributed by atoms with Gasteiger partial charge in [-0.2, -0.15) is 0 Å². The Morgan fingerprint density at radius 3 is 2.29 bits per heavy atom. The molecule has 1 aliphatic rings. The number of carbonyl (C=O) groups is 2. The summed E-state index contributed by atoms with van der Waals surface area (Å²) in [5, 5.41) is 1.63. The van der Waals surface area contributed by atoms with E-state index in [4.69, 9.17) is 0 Å². The number of unbranched alkanes of at least 4 members (excludes halogenated alkanes) is 5. The zero-order valence-corrected chi connectivity index (χ0v) is 22.6. The number of nitrogens with zero attached hydrogens (tertiary/aromatic N) is 3. The van der Waals surface area contributed by atoms with E-state index in [9.17, 15) is 18.4 Å². The number of carbonyl (C=O) groups excluding carboxylic acids is 2. The Hall–Kier alpha value is -3.39. The Labute approximate surface area is 228 Å². The molecule has 1 aromatic heterocycles. The van der Waals surface area contributed by atoms with Gasteiger partial charge in [0, 0.05) is 39.2 Å². The van der Waals surface area contributed by atoms with E-state index in [1.54, 1.807) is 12.1 Å². The zero-order valence-electron chi connectivity index (χ0n) is 21.0. The maximum Gasteiger partial charge on any atom is 0.261 e. The van der Waals surface area contributed by atoms with Crippen molar-refractivity contribution < 1.29 is 22.9 Å². The van der Waals surface area contributed by atoms with E-state index in [1.165, 1.54) is 17.0 Å². The number of imide groups is 1. The first-order valence-corrected chi connectivity index (χ1v) is 13.8. The summed E-state index contributed by atoms with van der Waals surface area (Å²) in [6.45, 7) is 1.66. The van der Waals surface area contributed by atoms with Crippen LogP contribution in [0.25, 0.3) is 10.8 Å². The van der Waals surface area contributed by atoms with Gasteiger partial charge in [0.05, 0.1) is 6.54 Å². The van der Waals surface area contributed by atoms with E-state index in [0.717, 1.165) is 66.4 Å². The van der Waals surface area contributed by atoms with Crippen LogP contribution in [0.2, 0.25) is 0 Å². The Morgan fingerprint density at radius 2 is 1.53 bits per heavy atom. The van der Waals surface area contributed by atoms with Crippen molar-refractivity contribution in [2.75, 3.05) is 6.54 Å². The molecule has 0 aliphatic carbocycles. The highest BCUT2D eigenvalue weighted by atomic mass is 79.9. The summed E-state index contributed by atoms with van der Waals surface area (Å²) >= 11 is 3.52. The molecule has 0 fully saturated rings. The standard InChI is InChI=1S/C30H29BrF2N3O2/c31-26-13-12-25-28-23(26)8-7-9-24(28)29(37)36(30(25)38)15-6-4-2-1-3-5-14-34-16-17-35(20-34)19-21-10-11-22(32)18-27(21)33/h7-13,16-18,20H,1-6,14-15,19H2/q+1. The fourth-order valence-electron chi connectivity index (χ4n) is 5.10. The molecule has 0 saturated heterocycles. The largest absolute Gasteiger partial charge is 0.274 e. The number of aromatic nitrogens is 2. The molecule has 0 radical (unpaired) electrons. The lowest BCUT2D eigenvalue weighted by molar-refractivity contribution is -0.688. The van der Waals surface area contributed by atoms with Crippen LogP contribution in [0.3, 0.4) is 0 Å². The smallest absolute Gasteiger partial charge is 0.261 e. The van der Waals surface area contributed by atoms with E-state index in [2.05, 4.69) is 20.5 Å². The fraction of sp³-hybridized carbons (Fsp3) is 0.300. The van der Waals surface area contributed by atoms with E-state index >= 15 is 0 Å². The van der Waals surface area contributed by atoms with E-state index in [1.807, 2.05) is 41.5 Å². The molecule has 2 amide bonds. The SMILES string of the molecule is O=C1c2cccc3c(Br)ccc(c23)C(=O)N1CCCCCCCCn1cc[n+](Cc2ccc(F)cc2F)c1. The van der Waals surface area contributed by atoms with Gasteiger partial charge in [-0.05, 0) is 55.0 Å². The van der Waals surface area contributed by atoms with Gasteiger partial charge in [0.1, 0.15) is 30.6 Å². The molecule has 5 rings (SSSR count). The Bertz CT molecular complexity index is 1480. The van der Waals surface area contributed by atoms with Gasteiger partial charge in [-0.15, -0.1) is 0 Å². The third kappa shape index (κ3) is 5.55. The third-order valence-corrected chi connectivity index (χ3v) is 7.79. The lowest BCUT2D eigenvalue weighted by atomic mass is 9.94. The number of benzene rings is 3. The third-order valence-electron chi connectivity index (χ3n) is 7.10. The van der Waals surface area contributed by atoms with Gasteiger partial charge in [0.15, 0.2) is 0 Å². The maximum absolute atomic E-state index is 13.9. The second kappa shape index (κ2) is 11.6. The first-order chi connectivity index (χ1) is 18.4. The summed E-state index contributed by atoms with van der Waals surface area (Å²) in [6.07, 6.45) is 11.8. The minimum absolute atomic E-state index is 0.211. The molecule has 0 spiro atoms. The van der Waals surface area contributed by atoms with Gasteiger partial charge in [-0.1, -0.05) is 47.3 Å². The number of rotatable bonds is 11. The molecular formula is C30H29BrF2N3O2+. The molecule has 0 N–H and O–H groups in total. The van der Waals surface area contributed by atoms with Gasteiger partial charge < -0.3 is 0 Å². The molecule has 196 valence electrons. The van der Waals surface area contributed by atoms with Crippen molar-refractivity contribution in [2.24, 2.45) is 0 Å². The maximum atomic E-state index is 13.9. The topological polar surface area (TPSA) is 46.2 Å². The second-order valence-corrected chi connectivity index (χ2v) is 10.6. The Kier molecular flexibility index (Phi) is 7.98. The number of halogens is 3. The average molecular weight is 581 g/mol. The highest BCUT2D eigenvalue weighted by Crippen LogP contribution is 2.34. The number of hydrogen-bond acceptors (Lipinski definition) is 2.